The van der Waals surface area contributed by atoms with Gasteiger partial charge in [0.1, 0.15) is 18.1 Å². The van der Waals surface area contributed by atoms with Crippen LogP contribution in [-0.2, 0) is 11.3 Å². The Kier molecular flexibility index (Phi) is 5.61. The molecule has 1 aromatic heterocycles. The van der Waals surface area contributed by atoms with E-state index in [0.717, 1.165) is 15.9 Å². The Labute approximate surface area is 155 Å². The molecule has 0 aliphatic heterocycles. The summed E-state index contributed by atoms with van der Waals surface area (Å²) < 4.78 is 20.1. The molecular formula is C20H18FN3O3. The number of aromatic nitrogens is 2. The molecular weight excluding hydrogens is 349 g/mol. The molecule has 6 nitrogen and oxygen atoms in total. The molecule has 0 aliphatic carbocycles. The predicted molar refractivity (Wildman–Crippen MR) is 100 cm³/mol. The summed E-state index contributed by atoms with van der Waals surface area (Å²) in [7, 11) is 0. The van der Waals surface area contributed by atoms with Crippen LogP contribution in [0.4, 0.5) is 10.1 Å². The molecule has 0 atom stereocenters. The smallest absolute Gasteiger partial charge is 0.254 e. The van der Waals surface area contributed by atoms with E-state index in [1.807, 2.05) is 19.1 Å². The standard InChI is InChI=1S/C20H18FN3O3/c1-2-27-15-9-7-14(8-10-15)18-11-20(26)24(13-22-18)12-19(25)23-17-6-4-3-5-16(17)21/h3-11,13H,2,12H2,1H3,(H,23,25). The largest absolute Gasteiger partial charge is 0.494 e. The number of nitrogens with zero attached hydrogens (tertiary/aromatic N) is 2. The van der Waals surface area contributed by atoms with E-state index in [-0.39, 0.29) is 17.8 Å². The van der Waals surface area contributed by atoms with E-state index in [1.165, 1.54) is 30.6 Å². The van der Waals surface area contributed by atoms with E-state index in [4.69, 9.17) is 4.74 Å². The number of hydrogen-bond donors (Lipinski definition) is 1. The Balaban J connectivity index is 1.72. The molecule has 3 aromatic rings. The van der Waals surface area contributed by atoms with Crippen molar-refractivity contribution in [3.8, 4) is 17.0 Å². The topological polar surface area (TPSA) is 73.2 Å². The van der Waals surface area contributed by atoms with Crippen molar-refractivity contribution in [3.05, 3.63) is 77.1 Å². The van der Waals surface area contributed by atoms with Gasteiger partial charge in [0.25, 0.3) is 5.56 Å². The highest BCUT2D eigenvalue weighted by Gasteiger charge is 2.09. The molecule has 0 fully saturated rings. The van der Waals surface area contributed by atoms with Gasteiger partial charge < -0.3 is 10.1 Å². The first-order valence-corrected chi connectivity index (χ1v) is 8.41. The summed E-state index contributed by atoms with van der Waals surface area (Å²) in [6, 6.07) is 14.4. The average Bonchev–Trinajstić information content (AvgIpc) is 2.66. The highest BCUT2D eigenvalue weighted by molar-refractivity contribution is 5.90. The maximum atomic E-state index is 13.6. The lowest BCUT2D eigenvalue weighted by molar-refractivity contribution is -0.116. The van der Waals surface area contributed by atoms with E-state index >= 15 is 0 Å². The van der Waals surface area contributed by atoms with E-state index in [1.54, 1.807) is 18.2 Å². The molecule has 1 amide bonds. The van der Waals surface area contributed by atoms with E-state index in [2.05, 4.69) is 10.3 Å². The zero-order valence-corrected chi connectivity index (χ0v) is 14.7. The molecule has 1 heterocycles. The van der Waals surface area contributed by atoms with Crippen molar-refractivity contribution in [3.63, 3.8) is 0 Å². The fraction of sp³-hybridized carbons (Fsp3) is 0.150. The number of nitrogens with one attached hydrogen (secondary N) is 1. The minimum Gasteiger partial charge on any atom is -0.494 e. The minimum absolute atomic E-state index is 0.0644. The van der Waals surface area contributed by atoms with Crippen LogP contribution in [0.2, 0.25) is 0 Å². The van der Waals surface area contributed by atoms with Gasteiger partial charge in [0, 0.05) is 11.6 Å². The van der Waals surface area contributed by atoms with Crippen molar-refractivity contribution in [1.82, 2.24) is 9.55 Å². The number of para-hydroxylation sites is 1. The van der Waals surface area contributed by atoms with Crippen LogP contribution in [0.25, 0.3) is 11.3 Å². The normalized spacial score (nSPS) is 10.4. The first kappa shape index (κ1) is 18.3. The molecule has 0 saturated carbocycles. The monoisotopic (exact) mass is 367 g/mol. The van der Waals surface area contributed by atoms with Gasteiger partial charge in [-0.3, -0.25) is 14.2 Å². The number of hydrogen-bond acceptors (Lipinski definition) is 4. The van der Waals surface area contributed by atoms with Gasteiger partial charge in [-0.1, -0.05) is 12.1 Å². The third-order valence-electron chi connectivity index (χ3n) is 3.80. The van der Waals surface area contributed by atoms with Gasteiger partial charge in [0.2, 0.25) is 5.91 Å². The molecule has 27 heavy (non-hydrogen) atoms. The molecule has 0 spiro atoms. The number of ether oxygens (including phenoxy) is 1. The van der Waals surface area contributed by atoms with Crippen LogP contribution >= 0.6 is 0 Å². The lowest BCUT2D eigenvalue weighted by Gasteiger charge is -2.09. The molecule has 0 bridgehead atoms. The Hall–Kier alpha value is -3.48. The fourth-order valence-electron chi connectivity index (χ4n) is 2.50. The van der Waals surface area contributed by atoms with Gasteiger partial charge >= 0.3 is 0 Å². The summed E-state index contributed by atoms with van der Waals surface area (Å²) in [6.45, 7) is 2.21. The average molecular weight is 367 g/mol. The third-order valence-corrected chi connectivity index (χ3v) is 3.80. The van der Waals surface area contributed by atoms with Gasteiger partial charge in [-0.2, -0.15) is 0 Å². The fourth-order valence-corrected chi connectivity index (χ4v) is 2.50. The summed E-state index contributed by atoms with van der Waals surface area (Å²) in [5.74, 6) is -0.320. The van der Waals surface area contributed by atoms with Crippen LogP contribution in [0.15, 0.2) is 65.7 Å². The molecule has 0 radical (unpaired) electrons. The van der Waals surface area contributed by atoms with E-state index in [0.29, 0.717) is 12.3 Å². The first-order chi connectivity index (χ1) is 13.1. The predicted octanol–water partition coefficient (Wildman–Crippen LogP) is 3.09. The van der Waals surface area contributed by atoms with Gasteiger partial charge in [-0.25, -0.2) is 9.37 Å². The zero-order valence-electron chi connectivity index (χ0n) is 14.7. The highest BCUT2D eigenvalue weighted by Crippen LogP contribution is 2.19. The van der Waals surface area contributed by atoms with Crippen molar-refractivity contribution in [2.75, 3.05) is 11.9 Å². The Morgan fingerprint density at radius 1 is 1.19 bits per heavy atom. The molecule has 3 rings (SSSR count). The van der Waals surface area contributed by atoms with Crippen molar-refractivity contribution in [1.29, 1.82) is 0 Å². The van der Waals surface area contributed by atoms with Crippen LogP contribution in [-0.4, -0.2) is 22.1 Å². The quantitative estimate of drug-likeness (QED) is 0.727. The Morgan fingerprint density at radius 2 is 1.93 bits per heavy atom. The van der Waals surface area contributed by atoms with Crippen LogP contribution in [0, 0.1) is 5.82 Å². The number of rotatable bonds is 6. The van der Waals surface area contributed by atoms with Gasteiger partial charge in [0.15, 0.2) is 0 Å². The summed E-state index contributed by atoms with van der Waals surface area (Å²) >= 11 is 0. The van der Waals surface area contributed by atoms with Crippen molar-refractivity contribution >= 4 is 11.6 Å². The third kappa shape index (κ3) is 4.58. The zero-order chi connectivity index (χ0) is 19.2. The molecule has 7 heteroatoms. The van der Waals surface area contributed by atoms with Crippen molar-refractivity contribution < 1.29 is 13.9 Å². The molecule has 0 aliphatic rings. The SMILES string of the molecule is CCOc1ccc(-c2cc(=O)n(CC(=O)Nc3ccccc3F)cn2)cc1. The molecule has 1 N–H and O–H groups in total. The molecule has 0 saturated heterocycles. The first-order valence-electron chi connectivity index (χ1n) is 8.41. The lowest BCUT2D eigenvalue weighted by atomic mass is 10.1. The van der Waals surface area contributed by atoms with E-state index < -0.39 is 11.7 Å². The second kappa shape index (κ2) is 8.27. The second-order valence-corrected chi connectivity index (χ2v) is 5.73. The van der Waals surface area contributed by atoms with E-state index in [9.17, 15) is 14.0 Å². The maximum absolute atomic E-state index is 13.6. The summed E-state index contributed by atoms with van der Waals surface area (Å²) in [4.78, 5) is 28.6. The molecule has 2 aromatic carbocycles. The number of halogens is 1. The second-order valence-electron chi connectivity index (χ2n) is 5.73. The van der Waals surface area contributed by atoms with Crippen LogP contribution in [0.5, 0.6) is 5.75 Å². The van der Waals surface area contributed by atoms with Crippen molar-refractivity contribution in [2.24, 2.45) is 0 Å². The van der Waals surface area contributed by atoms with Crippen molar-refractivity contribution in [2.45, 2.75) is 13.5 Å². The minimum atomic E-state index is -0.540. The summed E-state index contributed by atoms with van der Waals surface area (Å²) in [6.07, 6.45) is 1.30. The van der Waals surface area contributed by atoms with Gasteiger partial charge in [-0.05, 0) is 43.3 Å². The Bertz CT molecular complexity index is 1000. The lowest BCUT2D eigenvalue weighted by Crippen LogP contribution is -2.27. The maximum Gasteiger partial charge on any atom is 0.254 e. The summed E-state index contributed by atoms with van der Waals surface area (Å²) in [5, 5.41) is 2.44. The van der Waals surface area contributed by atoms with Gasteiger partial charge in [-0.15, -0.1) is 0 Å². The van der Waals surface area contributed by atoms with Crippen LogP contribution in [0.3, 0.4) is 0 Å². The molecule has 0 unspecified atom stereocenters. The number of amides is 1. The van der Waals surface area contributed by atoms with Crippen LogP contribution < -0.4 is 15.6 Å². The van der Waals surface area contributed by atoms with Crippen LogP contribution in [0.1, 0.15) is 6.92 Å². The summed E-state index contributed by atoms with van der Waals surface area (Å²) in [5.41, 5.74) is 0.944. The molecule has 138 valence electrons. The number of benzene rings is 2. The number of carbonyl (C=O) groups excluding carboxylic acids is 1. The Morgan fingerprint density at radius 3 is 2.59 bits per heavy atom. The number of anilines is 1. The highest BCUT2D eigenvalue weighted by atomic mass is 19.1. The number of carbonyl (C=O) groups is 1. The van der Waals surface area contributed by atoms with Gasteiger partial charge in [0.05, 0.1) is 24.3 Å².